The van der Waals surface area contributed by atoms with E-state index in [2.05, 4.69) is 15.6 Å². The second kappa shape index (κ2) is 10.1. The first-order valence-electron chi connectivity index (χ1n) is 10.2. The number of aryl methyl sites for hydroxylation is 1. The van der Waals surface area contributed by atoms with Gasteiger partial charge < -0.3 is 20.3 Å². The van der Waals surface area contributed by atoms with Gasteiger partial charge in [0.15, 0.2) is 0 Å². The van der Waals surface area contributed by atoms with Crippen LogP contribution in [0.5, 0.6) is 0 Å². The molecule has 2 amide bonds. The van der Waals surface area contributed by atoms with Crippen LogP contribution < -0.4 is 10.6 Å². The van der Waals surface area contributed by atoms with Gasteiger partial charge >= 0.3 is 0 Å². The lowest BCUT2D eigenvalue weighted by atomic mass is 10.1. The standard InChI is InChI=1S/C23H23ClN4O3S/c1-15-26-21(14-32-15)16-3-2-4-18(11-16)27-22(29)13-25-17-5-6-19(20(24)12-17)23(30)28-7-9-31-10-8-28/h2-6,11-12,14,25H,7-10,13H2,1H3,(H,27,29). The lowest BCUT2D eigenvalue weighted by molar-refractivity contribution is -0.114. The zero-order valence-corrected chi connectivity index (χ0v) is 19.1. The van der Waals surface area contributed by atoms with E-state index in [1.54, 1.807) is 34.4 Å². The summed E-state index contributed by atoms with van der Waals surface area (Å²) in [6.07, 6.45) is 0. The number of benzene rings is 2. The minimum atomic E-state index is -0.193. The molecule has 1 aliphatic heterocycles. The average Bonchev–Trinajstić information content (AvgIpc) is 3.24. The van der Waals surface area contributed by atoms with E-state index in [1.165, 1.54) is 0 Å². The summed E-state index contributed by atoms with van der Waals surface area (Å²) >= 11 is 7.93. The Labute approximate surface area is 195 Å². The van der Waals surface area contributed by atoms with Crippen LogP contribution in [0.25, 0.3) is 11.3 Å². The van der Waals surface area contributed by atoms with Gasteiger partial charge in [-0.2, -0.15) is 0 Å². The Kier molecular flexibility index (Phi) is 7.04. The van der Waals surface area contributed by atoms with Crippen LogP contribution in [0.3, 0.4) is 0 Å². The number of amides is 2. The number of ether oxygens (including phenoxy) is 1. The maximum absolute atomic E-state index is 12.6. The monoisotopic (exact) mass is 470 g/mol. The molecule has 0 bridgehead atoms. The van der Waals surface area contributed by atoms with Crippen LogP contribution >= 0.6 is 22.9 Å². The third-order valence-corrected chi connectivity index (χ3v) is 6.10. The Bertz CT molecular complexity index is 1130. The van der Waals surface area contributed by atoms with Gasteiger partial charge in [-0.05, 0) is 37.3 Å². The molecule has 7 nitrogen and oxygen atoms in total. The van der Waals surface area contributed by atoms with Crippen LogP contribution in [0.4, 0.5) is 11.4 Å². The molecule has 0 atom stereocenters. The van der Waals surface area contributed by atoms with Crippen LogP contribution in [0.1, 0.15) is 15.4 Å². The molecule has 32 heavy (non-hydrogen) atoms. The van der Waals surface area contributed by atoms with Gasteiger partial charge in [-0.15, -0.1) is 11.3 Å². The van der Waals surface area contributed by atoms with Crippen LogP contribution in [0.15, 0.2) is 47.8 Å². The number of morpholine rings is 1. The number of carbonyl (C=O) groups excluding carboxylic acids is 2. The van der Waals surface area contributed by atoms with E-state index in [-0.39, 0.29) is 18.4 Å². The molecular weight excluding hydrogens is 448 g/mol. The SMILES string of the molecule is Cc1nc(-c2cccc(NC(=O)CNc3ccc(C(=O)N4CCOCC4)c(Cl)c3)c2)cs1. The number of hydrogen-bond acceptors (Lipinski definition) is 6. The second-order valence-electron chi connectivity index (χ2n) is 7.33. The quantitative estimate of drug-likeness (QED) is 0.561. The molecule has 4 rings (SSSR count). The molecule has 1 fully saturated rings. The summed E-state index contributed by atoms with van der Waals surface area (Å²) in [4.78, 5) is 31.3. The van der Waals surface area contributed by atoms with Gasteiger partial charge in [-0.3, -0.25) is 9.59 Å². The Morgan fingerprint density at radius 1 is 1.16 bits per heavy atom. The number of aromatic nitrogens is 1. The lowest BCUT2D eigenvalue weighted by Crippen LogP contribution is -2.40. The summed E-state index contributed by atoms with van der Waals surface area (Å²) in [7, 11) is 0. The fraction of sp³-hybridized carbons (Fsp3) is 0.261. The molecule has 1 saturated heterocycles. The maximum atomic E-state index is 12.6. The van der Waals surface area contributed by atoms with E-state index in [9.17, 15) is 9.59 Å². The summed E-state index contributed by atoms with van der Waals surface area (Å²) in [5.41, 5.74) is 3.65. The number of carbonyl (C=O) groups is 2. The third kappa shape index (κ3) is 5.45. The summed E-state index contributed by atoms with van der Waals surface area (Å²) < 4.78 is 5.28. The molecule has 2 aromatic carbocycles. The van der Waals surface area contributed by atoms with Crippen LogP contribution in [-0.2, 0) is 9.53 Å². The number of nitrogens with zero attached hydrogens (tertiary/aromatic N) is 2. The normalized spacial score (nSPS) is 13.6. The first kappa shape index (κ1) is 22.3. The summed E-state index contributed by atoms with van der Waals surface area (Å²) in [6, 6.07) is 12.7. The fourth-order valence-electron chi connectivity index (χ4n) is 3.38. The molecule has 0 saturated carbocycles. The minimum absolute atomic E-state index is 0.0626. The van der Waals surface area contributed by atoms with Crippen molar-refractivity contribution in [3.8, 4) is 11.3 Å². The highest BCUT2D eigenvalue weighted by atomic mass is 35.5. The highest BCUT2D eigenvalue weighted by molar-refractivity contribution is 7.09. The van der Waals surface area contributed by atoms with E-state index in [0.717, 1.165) is 16.3 Å². The van der Waals surface area contributed by atoms with Gasteiger partial charge in [-0.25, -0.2) is 4.98 Å². The van der Waals surface area contributed by atoms with Gasteiger partial charge in [0.2, 0.25) is 5.91 Å². The third-order valence-electron chi connectivity index (χ3n) is 5.01. The second-order valence-corrected chi connectivity index (χ2v) is 8.80. The predicted octanol–water partition coefficient (Wildman–Crippen LogP) is 4.29. The maximum Gasteiger partial charge on any atom is 0.255 e. The van der Waals surface area contributed by atoms with E-state index in [4.69, 9.17) is 16.3 Å². The van der Waals surface area contributed by atoms with Gasteiger partial charge in [0.1, 0.15) is 0 Å². The molecule has 0 spiro atoms. The van der Waals surface area contributed by atoms with Gasteiger partial charge in [0.05, 0.1) is 41.0 Å². The van der Waals surface area contributed by atoms with E-state index in [1.807, 2.05) is 36.6 Å². The summed E-state index contributed by atoms with van der Waals surface area (Å²) in [5.74, 6) is -0.306. The van der Waals surface area contributed by atoms with Crippen molar-refractivity contribution in [2.45, 2.75) is 6.92 Å². The zero-order valence-electron chi connectivity index (χ0n) is 17.6. The molecule has 2 N–H and O–H groups in total. The molecule has 166 valence electrons. The van der Waals surface area contributed by atoms with Crippen molar-refractivity contribution in [2.24, 2.45) is 0 Å². The fourth-order valence-corrected chi connectivity index (χ4v) is 4.26. The first-order valence-corrected chi connectivity index (χ1v) is 11.5. The zero-order chi connectivity index (χ0) is 22.5. The van der Waals surface area contributed by atoms with Crippen molar-refractivity contribution in [3.63, 3.8) is 0 Å². The molecule has 3 aromatic rings. The molecule has 0 aliphatic carbocycles. The molecule has 0 unspecified atom stereocenters. The molecule has 1 aromatic heterocycles. The van der Waals surface area contributed by atoms with E-state index in [0.29, 0.717) is 48.3 Å². The predicted molar refractivity (Wildman–Crippen MR) is 128 cm³/mol. The Hall–Kier alpha value is -2.94. The lowest BCUT2D eigenvalue weighted by Gasteiger charge is -2.27. The Balaban J connectivity index is 1.34. The topological polar surface area (TPSA) is 83.6 Å². The van der Waals surface area contributed by atoms with Gasteiger partial charge in [0.25, 0.3) is 5.91 Å². The highest BCUT2D eigenvalue weighted by Crippen LogP contribution is 2.25. The van der Waals surface area contributed by atoms with Crippen molar-refractivity contribution in [3.05, 3.63) is 63.4 Å². The first-order chi connectivity index (χ1) is 15.5. The van der Waals surface area contributed by atoms with Crippen LogP contribution in [-0.4, -0.2) is 54.5 Å². The number of rotatable bonds is 6. The smallest absolute Gasteiger partial charge is 0.255 e. The van der Waals surface area contributed by atoms with Gasteiger partial charge in [-0.1, -0.05) is 23.7 Å². The van der Waals surface area contributed by atoms with Crippen LogP contribution in [0, 0.1) is 6.92 Å². The molecular formula is C23H23ClN4O3S. The molecule has 1 aliphatic rings. The largest absolute Gasteiger partial charge is 0.378 e. The minimum Gasteiger partial charge on any atom is -0.378 e. The summed E-state index contributed by atoms with van der Waals surface area (Å²) in [5, 5.41) is 9.27. The summed E-state index contributed by atoms with van der Waals surface area (Å²) in [6.45, 7) is 4.20. The van der Waals surface area contributed by atoms with Crippen molar-refractivity contribution in [1.82, 2.24) is 9.88 Å². The number of halogens is 1. The van der Waals surface area contributed by atoms with Crippen molar-refractivity contribution < 1.29 is 14.3 Å². The van der Waals surface area contributed by atoms with Crippen molar-refractivity contribution in [1.29, 1.82) is 0 Å². The molecule has 2 heterocycles. The van der Waals surface area contributed by atoms with Crippen LogP contribution in [0.2, 0.25) is 5.02 Å². The molecule has 9 heteroatoms. The van der Waals surface area contributed by atoms with E-state index < -0.39 is 0 Å². The number of anilines is 2. The van der Waals surface area contributed by atoms with Gasteiger partial charge in [0, 0.05) is 35.4 Å². The molecule has 0 radical (unpaired) electrons. The van der Waals surface area contributed by atoms with Crippen molar-refractivity contribution >= 4 is 46.1 Å². The number of hydrogen-bond donors (Lipinski definition) is 2. The Morgan fingerprint density at radius 2 is 1.97 bits per heavy atom. The highest BCUT2D eigenvalue weighted by Gasteiger charge is 2.20. The average molecular weight is 471 g/mol. The van der Waals surface area contributed by atoms with Crippen molar-refractivity contribution in [2.75, 3.05) is 43.5 Å². The number of thiazole rings is 1. The van der Waals surface area contributed by atoms with E-state index >= 15 is 0 Å². The Morgan fingerprint density at radius 3 is 2.69 bits per heavy atom. The number of nitrogens with one attached hydrogen (secondary N) is 2.